The fourth-order valence-corrected chi connectivity index (χ4v) is 3.22. The molecule has 0 radical (unpaired) electrons. The molecule has 1 saturated heterocycles. The molecular weight excluding hydrogens is 336 g/mol. The van der Waals surface area contributed by atoms with Crippen LogP contribution in [0.1, 0.15) is 51.2 Å². The molecule has 1 heterocycles. The van der Waals surface area contributed by atoms with E-state index in [2.05, 4.69) is 68.5 Å². The van der Waals surface area contributed by atoms with Gasteiger partial charge in [0.1, 0.15) is 5.75 Å². The number of benzene rings is 1. The number of piperidine rings is 1. The highest BCUT2D eigenvalue weighted by Gasteiger charge is 2.16. The normalized spacial score (nSPS) is 17.6. The maximum Gasteiger partial charge on any atom is 0.191 e. The molecule has 1 aromatic carbocycles. The standard InChI is InChI=1S/C22H38N4O/c1-6-18(4)27-21-14-17(3)8-9-20(21)16-25-22(23-7-2)24-15-19-10-12-26(5)13-11-19/h8-9,14,18-19H,6-7,10-13,15-16H2,1-5H3,(H2,23,24,25). The van der Waals surface area contributed by atoms with Crippen molar-refractivity contribution in [2.75, 3.05) is 33.2 Å². The lowest BCUT2D eigenvalue weighted by Gasteiger charge is -2.29. The maximum absolute atomic E-state index is 6.12. The molecule has 2 N–H and O–H groups in total. The fraction of sp³-hybridized carbons (Fsp3) is 0.682. The first kappa shape index (κ1) is 21.5. The van der Waals surface area contributed by atoms with E-state index in [1.54, 1.807) is 0 Å². The average Bonchev–Trinajstić information content (AvgIpc) is 2.66. The number of nitrogens with one attached hydrogen (secondary N) is 2. The number of ether oxygens (including phenoxy) is 1. The quantitative estimate of drug-likeness (QED) is 0.539. The van der Waals surface area contributed by atoms with Gasteiger partial charge in [0.15, 0.2) is 5.96 Å². The molecule has 2 rings (SSSR count). The summed E-state index contributed by atoms with van der Waals surface area (Å²) in [5.41, 5.74) is 2.35. The van der Waals surface area contributed by atoms with Crippen LogP contribution in [-0.4, -0.2) is 50.2 Å². The highest BCUT2D eigenvalue weighted by atomic mass is 16.5. The molecule has 0 aliphatic carbocycles. The van der Waals surface area contributed by atoms with Gasteiger partial charge in [0, 0.05) is 18.7 Å². The first-order valence-electron chi connectivity index (χ1n) is 10.5. The lowest BCUT2D eigenvalue weighted by Crippen LogP contribution is -2.42. The van der Waals surface area contributed by atoms with Crippen molar-refractivity contribution in [2.45, 2.75) is 59.6 Å². The number of rotatable bonds is 8. The second-order valence-corrected chi connectivity index (χ2v) is 7.77. The van der Waals surface area contributed by atoms with Crippen molar-refractivity contribution in [1.29, 1.82) is 0 Å². The zero-order valence-corrected chi connectivity index (χ0v) is 17.8. The van der Waals surface area contributed by atoms with E-state index in [9.17, 15) is 0 Å². The summed E-state index contributed by atoms with van der Waals surface area (Å²) >= 11 is 0. The first-order valence-corrected chi connectivity index (χ1v) is 10.5. The largest absolute Gasteiger partial charge is 0.490 e. The third-order valence-corrected chi connectivity index (χ3v) is 5.27. The molecule has 1 aliphatic rings. The van der Waals surface area contributed by atoms with Gasteiger partial charge in [-0.15, -0.1) is 0 Å². The SMILES string of the molecule is CCNC(=NCc1ccc(C)cc1OC(C)CC)NCC1CCN(C)CC1. The molecular formula is C22H38N4O. The second kappa shape index (κ2) is 11.2. The van der Waals surface area contributed by atoms with Gasteiger partial charge in [0.05, 0.1) is 12.6 Å². The van der Waals surface area contributed by atoms with Crippen LogP contribution in [0.3, 0.4) is 0 Å². The maximum atomic E-state index is 6.12. The molecule has 152 valence electrons. The lowest BCUT2D eigenvalue weighted by atomic mass is 9.97. The van der Waals surface area contributed by atoms with Crippen molar-refractivity contribution < 1.29 is 4.74 Å². The number of hydrogen-bond donors (Lipinski definition) is 2. The highest BCUT2D eigenvalue weighted by Crippen LogP contribution is 2.23. The van der Waals surface area contributed by atoms with Crippen molar-refractivity contribution >= 4 is 5.96 Å². The molecule has 5 nitrogen and oxygen atoms in total. The smallest absolute Gasteiger partial charge is 0.191 e. The van der Waals surface area contributed by atoms with E-state index in [4.69, 9.17) is 9.73 Å². The minimum atomic E-state index is 0.213. The minimum Gasteiger partial charge on any atom is -0.490 e. The fourth-order valence-electron chi connectivity index (χ4n) is 3.22. The zero-order chi connectivity index (χ0) is 19.6. The number of aliphatic imine (C=N–C) groups is 1. The Bertz CT molecular complexity index is 594. The summed E-state index contributed by atoms with van der Waals surface area (Å²) in [6.07, 6.45) is 3.73. The summed E-state index contributed by atoms with van der Waals surface area (Å²) in [5.74, 6) is 2.58. The Morgan fingerprint density at radius 3 is 2.67 bits per heavy atom. The third-order valence-electron chi connectivity index (χ3n) is 5.27. The number of nitrogens with zero attached hydrogens (tertiary/aromatic N) is 2. The van der Waals surface area contributed by atoms with Crippen LogP contribution in [0.5, 0.6) is 5.75 Å². The lowest BCUT2D eigenvalue weighted by molar-refractivity contribution is 0.215. The van der Waals surface area contributed by atoms with Crippen LogP contribution < -0.4 is 15.4 Å². The van der Waals surface area contributed by atoms with Crippen LogP contribution >= 0.6 is 0 Å². The van der Waals surface area contributed by atoms with Crippen LogP contribution in [-0.2, 0) is 6.54 Å². The van der Waals surface area contributed by atoms with E-state index in [-0.39, 0.29) is 6.10 Å². The number of guanidine groups is 1. The van der Waals surface area contributed by atoms with Crippen molar-refractivity contribution in [3.8, 4) is 5.75 Å². The molecule has 27 heavy (non-hydrogen) atoms. The van der Waals surface area contributed by atoms with E-state index in [0.717, 1.165) is 42.7 Å². The van der Waals surface area contributed by atoms with Crippen LogP contribution in [0.15, 0.2) is 23.2 Å². The Labute approximate surface area is 165 Å². The van der Waals surface area contributed by atoms with E-state index >= 15 is 0 Å². The molecule has 0 saturated carbocycles. The Kier molecular flexibility index (Phi) is 8.92. The van der Waals surface area contributed by atoms with Gasteiger partial charge in [0.2, 0.25) is 0 Å². The molecule has 1 atom stereocenters. The van der Waals surface area contributed by atoms with E-state index in [1.165, 1.54) is 31.5 Å². The van der Waals surface area contributed by atoms with Crippen molar-refractivity contribution in [3.63, 3.8) is 0 Å². The topological polar surface area (TPSA) is 48.9 Å². The summed E-state index contributed by atoms with van der Waals surface area (Å²) < 4.78 is 6.12. The summed E-state index contributed by atoms with van der Waals surface area (Å²) in [7, 11) is 2.20. The van der Waals surface area contributed by atoms with Crippen molar-refractivity contribution in [1.82, 2.24) is 15.5 Å². The van der Waals surface area contributed by atoms with Crippen LogP contribution in [0, 0.1) is 12.8 Å². The number of hydrogen-bond acceptors (Lipinski definition) is 3. The highest BCUT2D eigenvalue weighted by molar-refractivity contribution is 5.79. The second-order valence-electron chi connectivity index (χ2n) is 7.77. The molecule has 0 bridgehead atoms. The Balaban J connectivity index is 1.99. The molecule has 1 aromatic rings. The molecule has 0 aromatic heterocycles. The summed E-state index contributed by atoms with van der Waals surface area (Å²) in [6.45, 7) is 13.3. The molecule has 5 heteroatoms. The van der Waals surface area contributed by atoms with Gasteiger partial charge in [-0.1, -0.05) is 19.1 Å². The predicted octanol–water partition coefficient (Wildman–Crippen LogP) is 3.57. The summed E-state index contributed by atoms with van der Waals surface area (Å²) in [5, 5.41) is 6.91. The van der Waals surface area contributed by atoms with E-state index in [0.29, 0.717) is 6.54 Å². The van der Waals surface area contributed by atoms with Crippen molar-refractivity contribution in [2.24, 2.45) is 10.9 Å². The molecule has 0 amide bonds. The summed E-state index contributed by atoms with van der Waals surface area (Å²) in [6, 6.07) is 6.39. The Hall–Kier alpha value is -1.75. The van der Waals surface area contributed by atoms with Gasteiger partial charge < -0.3 is 20.3 Å². The molecule has 1 aliphatic heterocycles. The van der Waals surface area contributed by atoms with Gasteiger partial charge in [0.25, 0.3) is 0 Å². The van der Waals surface area contributed by atoms with Crippen LogP contribution in [0.2, 0.25) is 0 Å². The van der Waals surface area contributed by atoms with Crippen molar-refractivity contribution in [3.05, 3.63) is 29.3 Å². The Morgan fingerprint density at radius 1 is 1.26 bits per heavy atom. The monoisotopic (exact) mass is 374 g/mol. The summed E-state index contributed by atoms with van der Waals surface area (Å²) in [4.78, 5) is 7.22. The van der Waals surface area contributed by atoms with Gasteiger partial charge in [-0.25, -0.2) is 4.99 Å². The number of likely N-dealkylation sites (tertiary alicyclic amines) is 1. The van der Waals surface area contributed by atoms with Gasteiger partial charge >= 0.3 is 0 Å². The van der Waals surface area contributed by atoms with Crippen LogP contribution in [0.4, 0.5) is 0 Å². The van der Waals surface area contributed by atoms with Gasteiger partial charge in [-0.3, -0.25) is 0 Å². The van der Waals surface area contributed by atoms with Gasteiger partial charge in [-0.2, -0.15) is 0 Å². The van der Waals surface area contributed by atoms with E-state index < -0.39 is 0 Å². The Morgan fingerprint density at radius 2 is 2.00 bits per heavy atom. The predicted molar refractivity (Wildman–Crippen MR) is 115 cm³/mol. The average molecular weight is 375 g/mol. The minimum absolute atomic E-state index is 0.213. The molecule has 0 spiro atoms. The first-order chi connectivity index (χ1) is 13.0. The molecule has 1 fully saturated rings. The van der Waals surface area contributed by atoms with Gasteiger partial charge in [-0.05, 0) is 77.7 Å². The number of aryl methyl sites for hydroxylation is 1. The third kappa shape index (κ3) is 7.41. The molecule has 1 unspecified atom stereocenters. The van der Waals surface area contributed by atoms with Crippen LogP contribution in [0.25, 0.3) is 0 Å². The zero-order valence-electron chi connectivity index (χ0n) is 17.8. The van der Waals surface area contributed by atoms with E-state index in [1.807, 2.05) is 0 Å².